The molecule has 0 aliphatic heterocycles. The van der Waals surface area contributed by atoms with Gasteiger partial charge in [0.1, 0.15) is 9.84 Å². The second kappa shape index (κ2) is 5.49. The number of nitrogens with one attached hydrogen (secondary N) is 1. The summed E-state index contributed by atoms with van der Waals surface area (Å²) in [5.74, 6) is 0.439. The fraction of sp³-hybridized carbons (Fsp3) is 0.333. The van der Waals surface area contributed by atoms with Crippen LogP contribution in [-0.2, 0) is 9.84 Å². The molecule has 2 heterocycles. The lowest BCUT2D eigenvalue weighted by molar-refractivity contribution is 0.602. The van der Waals surface area contributed by atoms with Gasteiger partial charge in [-0.2, -0.15) is 20.1 Å². The molecule has 10 heteroatoms. The Kier molecular flexibility index (Phi) is 3.96. The molecule has 2 rings (SSSR count). The lowest BCUT2D eigenvalue weighted by atomic mass is 10.7. The van der Waals surface area contributed by atoms with Crippen LogP contribution in [0.1, 0.15) is 0 Å². The number of hydrogen-bond donors (Lipinski definition) is 1. The Bertz CT molecular complexity index is 657. The third-order valence-corrected chi connectivity index (χ3v) is 3.18. The minimum absolute atomic E-state index is 0.00218. The van der Waals surface area contributed by atoms with E-state index in [1.165, 1.54) is 4.68 Å². The number of rotatable bonds is 5. The molecular formula is C9H11ClN6O2S. The number of hydrogen-bond acceptors (Lipinski definition) is 7. The Labute approximate surface area is 114 Å². The van der Waals surface area contributed by atoms with Gasteiger partial charge in [0, 0.05) is 25.2 Å². The van der Waals surface area contributed by atoms with Crippen molar-refractivity contribution < 1.29 is 8.42 Å². The largest absolute Gasteiger partial charge is 0.353 e. The van der Waals surface area contributed by atoms with E-state index in [0.29, 0.717) is 0 Å². The van der Waals surface area contributed by atoms with Gasteiger partial charge in [-0.1, -0.05) is 0 Å². The molecule has 0 fully saturated rings. The maximum atomic E-state index is 11.0. The summed E-state index contributed by atoms with van der Waals surface area (Å²) in [5.41, 5.74) is 0. The minimum Gasteiger partial charge on any atom is -0.353 e. The van der Waals surface area contributed by atoms with E-state index in [2.05, 4.69) is 25.4 Å². The topological polar surface area (TPSA) is 103 Å². The highest BCUT2D eigenvalue weighted by Crippen LogP contribution is 2.08. The first-order valence-electron chi connectivity index (χ1n) is 5.27. The van der Waals surface area contributed by atoms with Gasteiger partial charge in [-0.15, -0.1) is 0 Å². The van der Waals surface area contributed by atoms with Crippen LogP contribution in [0.5, 0.6) is 0 Å². The Morgan fingerprint density at radius 1 is 1.37 bits per heavy atom. The van der Waals surface area contributed by atoms with Gasteiger partial charge in [0.05, 0.1) is 5.75 Å². The Balaban J connectivity index is 2.14. The maximum Gasteiger partial charge on any atom is 0.256 e. The van der Waals surface area contributed by atoms with Crippen molar-refractivity contribution in [3.63, 3.8) is 0 Å². The molecule has 0 aliphatic carbocycles. The van der Waals surface area contributed by atoms with Gasteiger partial charge in [-0.3, -0.25) is 0 Å². The molecule has 2 aromatic heterocycles. The molecule has 0 bridgehead atoms. The van der Waals surface area contributed by atoms with Gasteiger partial charge in [0.2, 0.25) is 11.2 Å². The van der Waals surface area contributed by atoms with Crippen LogP contribution in [0.25, 0.3) is 5.95 Å². The van der Waals surface area contributed by atoms with Crippen LogP contribution in [-0.4, -0.2) is 51.7 Å². The molecule has 0 aliphatic rings. The predicted octanol–water partition coefficient (Wildman–Crippen LogP) is 0.167. The molecule has 0 radical (unpaired) electrons. The first kappa shape index (κ1) is 13.7. The van der Waals surface area contributed by atoms with Gasteiger partial charge in [-0.05, 0) is 17.7 Å². The van der Waals surface area contributed by atoms with Crippen molar-refractivity contribution in [2.24, 2.45) is 0 Å². The van der Waals surface area contributed by atoms with Gasteiger partial charge < -0.3 is 5.32 Å². The molecule has 1 N–H and O–H groups in total. The SMILES string of the molecule is CS(=O)(=O)CCNc1nc(Cl)nc(-n2cccn2)n1. The zero-order chi connectivity index (χ0) is 13.9. The smallest absolute Gasteiger partial charge is 0.256 e. The molecule has 0 amide bonds. The Morgan fingerprint density at radius 3 is 2.79 bits per heavy atom. The predicted molar refractivity (Wildman–Crippen MR) is 70.2 cm³/mol. The van der Waals surface area contributed by atoms with Crippen molar-refractivity contribution in [2.45, 2.75) is 0 Å². The van der Waals surface area contributed by atoms with Crippen molar-refractivity contribution in [2.75, 3.05) is 23.9 Å². The van der Waals surface area contributed by atoms with Gasteiger partial charge in [-0.25, -0.2) is 13.1 Å². The molecular weight excluding hydrogens is 292 g/mol. The minimum atomic E-state index is -3.04. The quantitative estimate of drug-likeness (QED) is 0.839. The normalized spacial score (nSPS) is 11.5. The summed E-state index contributed by atoms with van der Waals surface area (Å²) in [6, 6.07) is 1.72. The maximum absolute atomic E-state index is 11.0. The van der Waals surface area contributed by atoms with Crippen molar-refractivity contribution in [3.8, 4) is 5.95 Å². The summed E-state index contributed by atoms with van der Waals surface area (Å²) in [6.45, 7) is 0.192. The van der Waals surface area contributed by atoms with E-state index in [4.69, 9.17) is 11.6 Å². The summed E-state index contributed by atoms with van der Waals surface area (Å²) in [6.07, 6.45) is 4.39. The van der Waals surface area contributed by atoms with Crippen LogP contribution >= 0.6 is 11.6 Å². The van der Waals surface area contributed by atoms with Crippen molar-refractivity contribution in [1.29, 1.82) is 0 Å². The number of sulfone groups is 1. The van der Waals surface area contributed by atoms with Crippen molar-refractivity contribution >= 4 is 27.4 Å². The molecule has 8 nitrogen and oxygen atoms in total. The molecule has 0 unspecified atom stereocenters. The average Bonchev–Trinajstić information content (AvgIpc) is 2.79. The molecule has 2 aromatic rings. The zero-order valence-electron chi connectivity index (χ0n) is 9.99. The summed E-state index contributed by atoms with van der Waals surface area (Å²) >= 11 is 5.77. The summed E-state index contributed by atoms with van der Waals surface area (Å²) in [7, 11) is -3.04. The van der Waals surface area contributed by atoms with E-state index in [0.717, 1.165) is 6.26 Å². The number of anilines is 1. The summed E-state index contributed by atoms with van der Waals surface area (Å²) in [5, 5.41) is 6.75. The Hall–Kier alpha value is -1.74. The van der Waals surface area contributed by atoms with E-state index < -0.39 is 9.84 Å². The van der Waals surface area contributed by atoms with Gasteiger partial charge in [0.15, 0.2) is 0 Å². The van der Waals surface area contributed by atoms with Crippen LogP contribution in [0, 0.1) is 0 Å². The third kappa shape index (κ3) is 4.14. The lowest BCUT2D eigenvalue weighted by Gasteiger charge is -2.06. The van der Waals surface area contributed by atoms with Crippen LogP contribution in [0.4, 0.5) is 5.95 Å². The average molecular weight is 303 g/mol. The second-order valence-corrected chi connectivity index (χ2v) is 6.33. The van der Waals surface area contributed by atoms with Crippen molar-refractivity contribution in [3.05, 3.63) is 23.7 Å². The molecule has 19 heavy (non-hydrogen) atoms. The van der Waals surface area contributed by atoms with E-state index in [1.807, 2.05) is 0 Å². The summed E-state index contributed by atoms with van der Waals surface area (Å²) < 4.78 is 23.4. The van der Waals surface area contributed by atoms with Gasteiger partial charge >= 0.3 is 0 Å². The molecule has 102 valence electrons. The highest BCUT2D eigenvalue weighted by Gasteiger charge is 2.08. The third-order valence-electron chi connectivity index (χ3n) is 2.06. The second-order valence-electron chi connectivity index (χ2n) is 3.74. The highest BCUT2D eigenvalue weighted by molar-refractivity contribution is 7.90. The first-order valence-corrected chi connectivity index (χ1v) is 7.71. The van der Waals surface area contributed by atoms with Crippen LogP contribution in [0.3, 0.4) is 0 Å². The number of aromatic nitrogens is 5. The first-order chi connectivity index (χ1) is 8.94. The van der Waals surface area contributed by atoms with Gasteiger partial charge in [0.25, 0.3) is 5.95 Å². The summed E-state index contributed by atoms with van der Waals surface area (Å²) in [4.78, 5) is 11.9. The zero-order valence-corrected chi connectivity index (χ0v) is 11.6. The standard InChI is InChI=1S/C9H11ClN6O2S/c1-19(17,18)6-4-11-8-13-7(10)14-9(15-8)16-5-2-3-12-16/h2-3,5H,4,6H2,1H3,(H,11,13,14,15). The lowest BCUT2D eigenvalue weighted by Crippen LogP contribution is -2.16. The Morgan fingerprint density at radius 2 is 2.16 bits per heavy atom. The fourth-order valence-corrected chi connectivity index (χ4v) is 1.88. The van der Waals surface area contributed by atoms with Crippen LogP contribution in [0.2, 0.25) is 5.28 Å². The molecule has 0 aromatic carbocycles. The number of nitrogens with zero attached hydrogens (tertiary/aromatic N) is 5. The van der Waals surface area contributed by atoms with Crippen molar-refractivity contribution in [1.82, 2.24) is 24.7 Å². The monoisotopic (exact) mass is 302 g/mol. The molecule has 0 atom stereocenters. The highest BCUT2D eigenvalue weighted by atomic mass is 35.5. The van der Waals surface area contributed by atoms with Crippen LogP contribution in [0.15, 0.2) is 18.5 Å². The van der Waals surface area contributed by atoms with Crippen LogP contribution < -0.4 is 5.32 Å². The molecule has 0 spiro atoms. The fourth-order valence-electron chi connectivity index (χ4n) is 1.26. The number of halogens is 1. The molecule has 0 saturated heterocycles. The van der Waals surface area contributed by atoms with E-state index >= 15 is 0 Å². The van der Waals surface area contributed by atoms with E-state index in [1.54, 1.807) is 18.5 Å². The van der Waals surface area contributed by atoms with E-state index in [-0.39, 0.29) is 29.5 Å². The molecule has 0 saturated carbocycles. The van der Waals surface area contributed by atoms with E-state index in [9.17, 15) is 8.42 Å².